The number of hydrogen-bond donors (Lipinski definition) is 0. The van der Waals surface area contributed by atoms with Crippen LogP contribution >= 0.6 is 11.6 Å². The minimum absolute atomic E-state index is 0.602. The van der Waals surface area contributed by atoms with Crippen molar-refractivity contribution in [3.8, 4) is 0 Å². The van der Waals surface area contributed by atoms with Gasteiger partial charge in [-0.2, -0.15) is 0 Å². The molecule has 0 heterocycles. The standard InChI is InChI=1S/C14H26ClN/c1-12(2)8-9-16(11-13(3)10-15)14-6-4-5-7-14/h12,14H,3-11H2,1-2H3. The molecule has 0 spiro atoms. The third-order valence-electron chi connectivity index (χ3n) is 3.45. The number of halogens is 1. The van der Waals surface area contributed by atoms with E-state index >= 15 is 0 Å². The Bertz CT molecular complexity index is 207. The smallest absolute Gasteiger partial charge is 0.0443 e. The molecule has 1 aliphatic rings. The lowest BCUT2D eigenvalue weighted by Gasteiger charge is -2.29. The topological polar surface area (TPSA) is 3.24 Å². The second-order valence-electron chi connectivity index (χ2n) is 5.47. The number of nitrogens with zero attached hydrogens (tertiary/aromatic N) is 1. The Hall–Kier alpha value is -0.0100. The van der Waals surface area contributed by atoms with Crippen molar-refractivity contribution in [3.63, 3.8) is 0 Å². The first-order valence-corrected chi connectivity index (χ1v) is 7.13. The third kappa shape index (κ3) is 4.88. The molecule has 0 atom stereocenters. The van der Waals surface area contributed by atoms with Crippen LogP contribution in [-0.4, -0.2) is 29.9 Å². The predicted octanol–water partition coefficient (Wildman–Crippen LogP) is 4.07. The van der Waals surface area contributed by atoms with Gasteiger partial charge < -0.3 is 0 Å². The molecule has 1 rings (SSSR count). The van der Waals surface area contributed by atoms with Crippen LogP contribution in [0.1, 0.15) is 46.0 Å². The molecule has 1 saturated carbocycles. The summed E-state index contributed by atoms with van der Waals surface area (Å²) in [5, 5.41) is 0. The van der Waals surface area contributed by atoms with Crippen LogP contribution in [0.3, 0.4) is 0 Å². The van der Waals surface area contributed by atoms with E-state index in [4.69, 9.17) is 11.6 Å². The van der Waals surface area contributed by atoms with E-state index in [2.05, 4.69) is 25.3 Å². The van der Waals surface area contributed by atoms with Gasteiger partial charge in [-0.1, -0.05) is 33.3 Å². The lowest BCUT2D eigenvalue weighted by atomic mass is 10.1. The number of rotatable bonds is 7. The quantitative estimate of drug-likeness (QED) is 0.481. The summed E-state index contributed by atoms with van der Waals surface area (Å²) in [4.78, 5) is 2.61. The molecule has 94 valence electrons. The summed E-state index contributed by atoms with van der Waals surface area (Å²) in [6, 6.07) is 0.790. The minimum Gasteiger partial charge on any atom is -0.296 e. The van der Waals surface area contributed by atoms with Crippen molar-refractivity contribution < 1.29 is 0 Å². The molecule has 0 bridgehead atoms. The second-order valence-corrected chi connectivity index (χ2v) is 5.74. The Kier molecular flexibility index (Phi) is 6.45. The lowest BCUT2D eigenvalue weighted by molar-refractivity contribution is 0.204. The van der Waals surface area contributed by atoms with Crippen LogP contribution in [0.25, 0.3) is 0 Å². The Labute approximate surface area is 106 Å². The molecular weight excluding hydrogens is 218 g/mol. The summed E-state index contributed by atoms with van der Waals surface area (Å²) in [5.74, 6) is 1.39. The number of hydrogen-bond acceptors (Lipinski definition) is 1. The van der Waals surface area contributed by atoms with E-state index in [9.17, 15) is 0 Å². The van der Waals surface area contributed by atoms with Gasteiger partial charge in [0.1, 0.15) is 0 Å². The van der Waals surface area contributed by atoms with Crippen molar-refractivity contribution in [3.05, 3.63) is 12.2 Å². The summed E-state index contributed by atoms with van der Waals surface area (Å²) >= 11 is 5.84. The average Bonchev–Trinajstić information content (AvgIpc) is 2.76. The molecule has 0 radical (unpaired) electrons. The fourth-order valence-electron chi connectivity index (χ4n) is 2.41. The molecule has 0 saturated heterocycles. The summed E-state index contributed by atoms with van der Waals surface area (Å²) in [6.45, 7) is 10.8. The Balaban J connectivity index is 2.43. The minimum atomic E-state index is 0.602. The first-order chi connectivity index (χ1) is 7.63. The van der Waals surface area contributed by atoms with Gasteiger partial charge in [-0.05, 0) is 37.3 Å². The predicted molar refractivity (Wildman–Crippen MR) is 73.1 cm³/mol. The molecule has 1 fully saturated rings. The molecule has 0 aromatic carbocycles. The van der Waals surface area contributed by atoms with Gasteiger partial charge in [-0.25, -0.2) is 0 Å². The van der Waals surface area contributed by atoms with Crippen LogP contribution in [0.4, 0.5) is 0 Å². The normalized spacial score (nSPS) is 17.6. The van der Waals surface area contributed by atoms with Crippen molar-refractivity contribution in [1.29, 1.82) is 0 Å². The highest BCUT2D eigenvalue weighted by atomic mass is 35.5. The molecule has 0 amide bonds. The Morgan fingerprint density at radius 2 is 2.00 bits per heavy atom. The van der Waals surface area contributed by atoms with Crippen LogP contribution in [-0.2, 0) is 0 Å². The Morgan fingerprint density at radius 1 is 1.38 bits per heavy atom. The molecular formula is C14H26ClN. The molecule has 0 aliphatic heterocycles. The van der Waals surface area contributed by atoms with Crippen LogP contribution in [0.2, 0.25) is 0 Å². The van der Waals surface area contributed by atoms with Crippen LogP contribution in [0.5, 0.6) is 0 Å². The van der Waals surface area contributed by atoms with Crippen molar-refractivity contribution in [2.75, 3.05) is 19.0 Å². The van der Waals surface area contributed by atoms with Crippen LogP contribution in [0, 0.1) is 5.92 Å². The molecule has 2 heteroatoms. The van der Waals surface area contributed by atoms with Gasteiger partial charge in [0.25, 0.3) is 0 Å². The average molecular weight is 244 g/mol. The summed E-state index contributed by atoms with van der Waals surface area (Å²) < 4.78 is 0. The third-order valence-corrected chi connectivity index (χ3v) is 3.83. The van der Waals surface area contributed by atoms with Gasteiger partial charge in [-0.15, -0.1) is 11.6 Å². The molecule has 1 aliphatic carbocycles. The van der Waals surface area contributed by atoms with Crippen molar-refractivity contribution >= 4 is 11.6 Å². The fraction of sp³-hybridized carbons (Fsp3) is 0.857. The van der Waals surface area contributed by atoms with E-state index in [1.165, 1.54) is 38.6 Å². The monoisotopic (exact) mass is 243 g/mol. The molecule has 0 aromatic heterocycles. The van der Waals surface area contributed by atoms with E-state index in [-0.39, 0.29) is 0 Å². The number of alkyl halides is 1. The zero-order valence-corrected chi connectivity index (χ0v) is 11.6. The maximum absolute atomic E-state index is 5.84. The lowest BCUT2D eigenvalue weighted by Crippen LogP contribution is -2.36. The van der Waals surface area contributed by atoms with Crippen molar-refractivity contribution in [2.24, 2.45) is 5.92 Å². The summed E-state index contributed by atoms with van der Waals surface area (Å²) in [6.07, 6.45) is 6.82. The van der Waals surface area contributed by atoms with Crippen molar-refractivity contribution in [1.82, 2.24) is 4.90 Å². The van der Waals surface area contributed by atoms with Gasteiger partial charge in [-0.3, -0.25) is 4.90 Å². The largest absolute Gasteiger partial charge is 0.296 e. The molecule has 0 N–H and O–H groups in total. The highest BCUT2D eigenvalue weighted by Crippen LogP contribution is 2.24. The highest BCUT2D eigenvalue weighted by molar-refractivity contribution is 6.19. The fourth-order valence-corrected chi connectivity index (χ4v) is 2.50. The van der Waals surface area contributed by atoms with E-state index in [1.807, 2.05) is 0 Å². The maximum Gasteiger partial charge on any atom is 0.0443 e. The van der Waals surface area contributed by atoms with Gasteiger partial charge in [0, 0.05) is 18.5 Å². The zero-order valence-electron chi connectivity index (χ0n) is 10.8. The van der Waals surface area contributed by atoms with Gasteiger partial charge >= 0.3 is 0 Å². The summed E-state index contributed by atoms with van der Waals surface area (Å²) in [5.41, 5.74) is 1.16. The maximum atomic E-state index is 5.84. The van der Waals surface area contributed by atoms with Gasteiger partial charge in [0.05, 0.1) is 0 Å². The first kappa shape index (κ1) is 14.1. The summed E-state index contributed by atoms with van der Waals surface area (Å²) in [7, 11) is 0. The SMILES string of the molecule is C=C(CCl)CN(CCC(C)C)C1CCCC1. The zero-order chi connectivity index (χ0) is 12.0. The van der Waals surface area contributed by atoms with E-state index in [1.54, 1.807) is 0 Å². The second kappa shape index (κ2) is 7.34. The van der Waals surface area contributed by atoms with Gasteiger partial charge in [0.15, 0.2) is 0 Å². The van der Waals surface area contributed by atoms with E-state index in [0.717, 1.165) is 24.1 Å². The van der Waals surface area contributed by atoms with E-state index in [0.29, 0.717) is 5.88 Å². The van der Waals surface area contributed by atoms with Crippen LogP contribution < -0.4 is 0 Å². The molecule has 1 nitrogen and oxygen atoms in total. The van der Waals surface area contributed by atoms with Gasteiger partial charge in [0.2, 0.25) is 0 Å². The van der Waals surface area contributed by atoms with Crippen molar-refractivity contribution in [2.45, 2.75) is 52.0 Å². The molecule has 0 aromatic rings. The molecule has 0 unspecified atom stereocenters. The first-order valence-electron chi connectivity index (χ1n) is 6.60. The van der Waals surface area contributed by atoms with E-state index < -0.39 is 0 Å². The van der Waals surface area contributed by atoms with Crippen LogP contribution in [0.15, 0.2) is 12.2 Å². The molecule has 16 heavy (non-hydrogen) atoms. The highest BCUT2D eigenvalue weighted by Gasteiger charge is 2.22. The Morgan fingerprint density at radius 3 is 2.50 bits per heavy atom.